The molecule has 0 atom stereocenters. The number of para-hydroxylation sites is 1. The molecule has 1 saturated carbocycles. The molecule has 0 saturated heterocycles. The zero-order chi connectivity index (χ0) is 16.7. The Morgan fingerprint density at radius 2 is 1.92 bits per heavy atom. The minimum absolute atomic E-state index is 0.133. The largest absolute Gasteiger partial charge is 0.293 e. The number of hydrogen-bond acceptors (Lipinski definition) is 4. The van der Waals surface area contributed by atoms with Gasteiger partial charge in [0, 0.05) is 24.8 Å². The van der Waals surface area contributed by atoms with E-state index in [2.05, 4.69) is 21.0 Å². The van der Waals surface area contributed by atoms with E-state index in [9.17, 15) is 4.79 Å². The summed E-state index contributed by atoms with van der Waals surface area (Å²) >= 11 is 0. The molecule has 0 N–H and O–H groups in total. The number of aromatic nitrogens is 3. The molecule has 1 aliphatic rings. The number of carbonyl (C=O) groups excluding carboxylic acids is 1. The first-order chi connectivity index (χ1) is 11.6. The zero-order valence-electron chi connectivity index (χ0n) is 13.7. The monoisotopic (exact) mass is 318 g/mol. The molecular weight excluding hydrogens is 300 g/mol. The Kier molecular flexibility index (Phi) is 3.49. The number of rotatable bonds is 3. The highest BCUT2D eigenvalue weighted by Gasteiger charge is 2.31. The van der Waals surface area contributed by atoms with Gasteiger partial charge >= 0.3 is 0 Å². The topological polar surface area (TPSA) is 59.0 Å². The number of aryl methyl sites for hydroxylation is 1. The third-order valence-corrected chi connectivity index (χ3v) is 4.45. The van der Waals surface area contributed by atoms with Crippen molar-refractivity contribution in [2.75, 3.05) is 11.9 Å². The highest BCUT2D eigenvalue weighted by atomic mass is 16.2. The molecule has 2 heterocycles. The number of amides is 1. The average molecular weight is 318 g/mol. The molecule has 4 rings (SSSR count). The molecule has 0 spiro atoms. The molecule has 1 amide bonds. The molecule has 1 fully saturated rings. The molecule has 0 radical (unpaired) electrons. The summed E-state index contributed by atoms with van der Waals surface area (Å²) in [7, 11) is 1.73. The second kappa shape index (κ2) is 5.67. The summed E-state index contributed by atoms with van der Waals surface area (Å²) in [5, 5.41) is 1.08. The van der Waals surface area contributed by atoms with Crippen LogP contribution in [0.1, 0.15) is 40.5 Å². The molecule has 5 heteroatoms. The lowest BCUT2D eigenvalue weighted by Crippen LogP contribution is -2.30. The minimum Gasteiger partial charge on any atom is -0.293 e. The van der Waals surface area contributed by atoms with E-state index in [0.717, 1.165) is 35.0 Å². The summed E-state index contributed by atoms with van der Waals surface area (Å²) in [6.45, 7) is 1.85. The molecule has 3 aromatic rings. The Morgan fingerprint density at radius 1 is 1.17 bits per heavy atom. The van der Waals surface area contributed by atoms with Crippen molar-refractivity contribution in [2.45, 2.75) is 25.7 Å². The number of fused-ring (bicyclic) bond motifs is 1. The van der Waals surface area contributed by atoms with E-state index in [4.69, 9.17) is 0 Å². The Morgan fingerprint density at radius 3 is 2.67 bits per heavy atom. The van der Waals surface area contributed by atoms with Gasteiger partial charge in [-0.25, -0.2) is 9.97 Å². The molecule has 0 bridgehead atoms. The summed E-state index contributed by atoms with van der Waals surface area (Å²) in [6.07, 6.45) is 5.46. The fraction of sp³-hybridized carbons (Fsp3) is 0.263. The third kappa shape index (κ3) is 2.52. The van der Waals surface area contributed by atoms with Crippen molar-refractivity contribution in [1.82, 2.24) is 15.0 Å². The van der Waals surface area contributed by atoms with Gasteiger partial charge in [0.25, 0.3) is 5.91 Å². The lowest BCUT2D eigenvalue weighted by molar-refractivity contribution is 0.0986. The van der Waals surface area contributed by atoms with Gasteiger partial charge < -0.3 is 0 Å². The molecular formula is C19H18N4O. The predicted molar refractivity (Wildman–Crippen MR) is 93.2 cm³/mol. The fourth-order valence-electron chi connectivity index (χ4n) is 2.99. The van der Waals surface area contributed by atoms with E-state index in [1.165, 1.54) is 0 Å². The van der Waals surface area contributed by atoms with Crippen molar-refractivity contribution in [1.29, 1.82) is 0 Å². The second-order valence-corrected chi connectivity index (χ2v) is 6.22. The van der Waals surface area contributed by atoms with E-state index < -0.39 is 0 Å². The van der Waals surface area contributed by atoms with Crippen LogP contribution in [0.3, 0.4) is 0 Å². The molecule has 2 aromatic heterocycles. The fourth-order valence-corrected chi connectivity index (χ4v) is 2.99. The highest BCUT2D eigenvalue weighted by molar-refractivity contribution is 6.06. The molecule has 0 unspecified atom stereocenters. The van der Waals surface area contributed by atoms with Gasteiger partial charge in [0.2, 0.25) is 0 Å². The Balaban J connectivity index is 1.81. The number of carbonyl (C=O) groups is 1. The van der Waals surface area contributed by atoms with Gasteiger partial charge in [0.15, 0.2) is 5.82 Å². The molecule has 1 aliphatic carbocycles. The first-order valence-electron chi connectivity index (χ1n) is 8.10. The van der Waals surface area contributed by atoms with Gasteiger partial charge in [-0.1, -0.05) is 18.2 Å². The van der Waals surface area contributed by atoms with E-state index in [1.54, 1.807) is 24.3 Å². The lowest BCUT2D eigenvalue weighted by Gasteiger charge is -2.19. The molecule has 0 aliphatic heterocycles. The van der Waals surface area contributed by atoms with Crippen molar-refractivity contribution in [3.8, 4) is 0 Å². The van der Waals surface area contributed by atoms with Gasteiger partial charge in [-0.2, -0.15) is 0 Å². The smallest absolute Gasteiger partial charge is 0.278 e. The molecule has 5 nitrogen and oxygen atoms in total. The number of benzene rings is 1. The Bertz CT molecular complexity index is 934. The molecule has 1 aromatic carbocycles. The maximum absolute atomic E-state index is 13.1. The first-order valence-corrected chi connectivity index (χ1v) is 8.10. The van der Waals surface area contributed by atoms with Gasteiger partial charge in [-0.05, 0) is 43.4 Å². The summed E-state index contributed by atoms with van der Waals surface area (Å²) in [5.41, 5.74) is 3.15. The van der Waals surface area contributed by atoms with Gasteiger partial charge in [0.1, 0.15) is 5.69 Å². The molecule has 120 valence electrons. The highest BCUT2D eigenvalue weighted by Crippen LogP contribution is 2.42. The van der Waals surface area contributed by atoms with E-state index in [0.29, 0.717) is 17.4 Å². The van der Waals surface area contributed by atoms with E-state index >= 15 is 0 Å². The number of pyridine rings is 1. The number of nitrogens with zero attached hydrogens (tertiary/aromatic N) is 4. The third-order valence-electron chi connectivity index (χ3n) is 4.45. The van der Waals surface area contributed by atoms with Crippen LogP contribution in [-0.2, 0) is 0 Å². The van der Waals surface area contributed by atoms with Crippen molar-refractivity contribution >= 4 is 22.6 Å². The van der Waals surface area contributed by atoms with Crippen LogP contribution < -0.4 is 4.90 Å². The van der Waals surface area contributed by atoms with Crippen molar-refractivity contribution in [3.63, 3.8) is 0 Å². The van der Waals surface area contributed by atoms with Crippen LogP contribution in [0.4, 0.5) is 5.82 Å². The van der Waals surface area contributed by atoms with Crippen LogP contribution in [0.2, 0.25) is 0 Å². The van der Waals surface area contributed by atoms with Gasteiger partial charge in [-0.15, -0.1) is 0 Å². The van der Waals surface area contributed by atoms with Crippen LogP contribution in [0.15, 0.2) is 42.7 Å². The summed E-state index contributed by atoms with van der Waals surface area (Å²) in [5.74, 6) is 0.878. The number of anilines is 1. The molecule has 24 heavy (non-hydrogen) atoms. The zero-order valence-corrected chi connectivity index (χ0v) is 13.7. The average Bonchev–Trinajstić information content (AvgIpc) is 3.45. The SMILES string of the molecule is Cc1nccnc1N(C)C(=O)c1nc2ccccc2cc1C1CC1. The Labute approximate surface area is 140 Å². The lowest BCUT2D eigenvalue weighted by atomic mass is 10.0. The quantitative estimate of drug-likeness (QED) is 0.742. The maximum atomic E-state index is 13.1. The van der Waals surface area contributed by atoms with Crippen LogP contribution in [0.25, 0.3) is 10.9 Å². The van der Waals surface area contributed by atoms with Crippen molar-refractivity contribution in [3.05, 3.63) is 59.7 Å². The predicted octanol–water partition coefficient (Wildman–Crippen LogP) is 3.49. The van der Waals surface area contributed by atoms with Gasteiger partial charge in [-0.3, -0.25) is 14.7 Å². The summed E-state index contributed by atoms with van der Waals surface area (Å²) in [6, 6.07) is 10.0. The maximum Gasteiger partial charge on any atom is 0.278 e. The van der Waals surface area contributed by atoms with Crippen LogP contribution >= 0.6 is 0 Å². The minimum atomic E-state index is -0.133. The van der Waals surface area contributed by atoms with E-state index in [-0.39, 0.29) is 5.91 Å². The first kappa shape index (κ1) is 14.8. The van der Waals surface area contributed by atoms with Crippen LogP contribution in [-0.4, -0.2) is 27.9 Å². The number of hydrogen-bond donors (Lipinski definition) is 0. The Hall–Kier alpha value is -2.82. The van der Waals surface area contributed by atoms with Gasteiger partial charge in [0.05, 0.1) is 11.2 Å². The van der Waals surface area contributed by atoms with Crippen LogP contribution in [0, 0.1) is 6.92 Å². The standard InChI is InChI=1S/C19H18N4O/c1-12-18(21-10-9-20-12)23(2)19(24)17-15(13-7-8-13)11-14-5-3-4-6-16(14)22-17/h3-6,9-11,13H,7-8H2,1-2H3. The van der Waals surface area contributed by atoms with Crippen LogP contribution in [0.5, 0.6) is 0 Å². The summed E-state index contributed by atoms with van der Waals surface area (Å²) in [4.78, 5) is 27.8. The van der Waals surface area contributed by atoms with Crippen molar-refractivity contribution < 1.29 is 4.79 Å². The normalized spacial score (nSPS) is 13.9. The second-order valence-electron chi connectivity index (χ2n) is 6.22. The summed E-state index contributed by atoms with van der Waals surface area (Å²) < 4.78 is 0. The van der Waals surface area contributed by atoms with Crippen molar-refractivity contribution in [2.24, 2.45) is 0 Å². The van der Waals surface area contributed by atoms with E-state index in [1.807, 2.05) is 31.2 Å².